The van der Waals surface area contributed by atoms with Crippen molar-refractivity contribution in [2.24, 2.45) is 0 Å². The van der Waals surface area contributed by atoms with Crippen LogP contribution >= 0.6 is 0 Å². The number of ether oxygens (including phenoxy) is 2. The van der Waals surface area contributed by atoms with Gasteiger partial charge in [0.15, 0.2) is 0 Å². The van der Waals surface area contributed by atoms with Crippen LogP contribution in [0.4, 0.5) is 0 Å². The first-order chi connectivity index (χ1) is 10.2. The molecular formula is C17H28N2O2. The van der Waals surface area contributed by atoms with E-state index in [1.54, 1.807) is 7.11 Å². The lowest BCUT2D eigenvalue weighted by atomic mass is 9.96. The number of morpholine rings is 1. The van der Waals surface area contributed by atoms with Gasteiger partial charge in [-0.3, -0.25) is 4.90 Å². The third kappa shape index (κ3) is 3.76. The Morgan fingerprint density at radius 1 is 1.43 bits per heavy atom. The van der Waals surface area contributed by atoms with Crippen LogP contribution in [0, 0.1) is 6.92 Å². The molecule has 0 saturated carbocycles. The zero-order chi connectivity index (χ0) is 15.2. The predicted molar refractivity (Wildman–Crippen MR) is 86.0 cm³/mol. The van der Waals surface area contributed by atoms with Crippen LogP contribution in [0.25, 0.3) is 0 Å². The zero-order valence-electron chi connectivity index (χ0n) is 13.7. The normalized spacial score (nSPS) is 23.2. The van der Waals surface area contributed by atoms with E-state index in [4.69, 9.17) is 9.47 Å². The lowest BCUT2D eigenvalue weighted by Gasteiger charge is -2.41. The van der Waals surface area contributed by atoms with Crippen molar-refractivity contribution < 1.29 is 9.47 Å². The number of hydrogen-bond donors (Lipinski definition) is 1. The Morgan fingerprint density at radius 2 is 2.24 bits per heavy atom. The molecule has 0 aliphatic carbocycles. The summed E-state index contributed by atoms with van der Waals surface area (Å²) in [5.41, 5.74) is 2.50. The standard InChI is InChI=1S/C17H28N2O2/c1-5-8-19-9-10-21-16(12-18-3)17(19)14-6-7-15(20-4)13(2)11-14/h6-7,11,16-18H,5,8-10,12H2,1-4H3. The molecule has 1 saturated heterocycles. The van der Waals surface area contributed by atoms with Gasteiger partial charge in [-0.05, 0) is 44.1 Å². The molecule has 1 aliphatic rings. The largest absolute Gasteiger partial charge is 0.496 e. The number of hydrogen-bond acceptors (Lipinski definition) is 4. The quantitative estimate of drug-likeness (QED) is 0.873. The Morgan fingerprint density at radius 3 is 2.86 bits per heavy atom. The molecule has 0 amide bonds. The molecule has 0 aromatic heterocycles. The summed E-state index contributed by atoms with van der Waals surface area (Å²) < 4.78 is 11.4. The van der Waals surface area contributed by atoms with Gasteiger partial charge in [0, 0.05) is 13.1 Å². The fourth-order valence-corrected chi connectivity index (χ4v) is 3.21. The van der Waals surface area contributed by atoms with Crippen molar-refractivity contribution in [3.8, 4) is 5.75 Å². The van der Waals surface area contributed by atoms with Crippen LogP contribution in [-0.4, -0.2) is 51.4 Å². The Bertz CT molecular complexity index is 432. The molecule has 0 bridgehead atoms. The average molecular weight is 292 g/mol. The first-order valence-electron chi connectivity index (χ1n) is 7.86. The van der Waals surface area contributed by atoms with Gasteiger partial charge in [0.2, 0.25) is 0 Å². The summed E-state index contributed by atoms with van der Waals surface area (Å²) >= 11 is 0. The summed E-state index contributed by atoms with van der Waals surface area (Å²) in [6, 6.07) is 6.80. The van der Waals surface area contributed by atoms with Gasteiger partial charge in [0.1, 0.15) is 5.75 Å². The lowest BCUT2D eigenvalue weighted by molar-refractivity contribution is -0.0704. The first kappa shape index (κ1) is 16.3. The van der Waals surface area contributed by atoms with Gasteiger partial charge < -0.3 is 14.8 Å². The monoisotopic (exact) mass is 292 g/mol. The van der Waals surface area contributed by atoms with Crippen LogP contribution in [-0.2, 0) is 4.74 Å². The van der Waals surface area contributed by atoms with E-state index in [0.717, 1.165) is 38.4 Å². The topological polar surface area (TPSA) is 33.7 Å². The molecule has 2 rings (SSSR count). The van der Waals surface area contributed by atoms with Crippen molar-refractivity contribution in [1.29, 1.82) is 0 Å². The maximum atomic E-state index is 6.02. The summed E-state index contributed by atoms with van der Waals surface area (Å²) in [7, 11) is 3.71. The van der Waals surface area contributed by atoms with Crippen LogP contribution < -0.4 is 10.1 Å². The van der Waals surface area contributed by atoms with Crippen molar-refractivity contribution >= 4 is 0 Å². The summed E-state index contributed by atoms with van der Waals surface area (Å²) in [6.45, 7) is 8.14. The van der Waals surface area contributed by atoms with Gasteiger partial charge in [-0.15, -0.1) is 0 Å². The molecule has 2 unspecified atom stereocenters. The minimum absolute atomic E-state index is 0.197. The van der Waals surface area contributed by atoms with Crippen LogP contribution in [0.5, 0.6) is 5.75 Å². The maximum Gasteiger partial charge on any atom is 0.121 e. The molecule has 0 spiro atoms. The molecule has 0 radical (unpaired) electrons. The zero-order valence-corrected chi connectivity index (χ0v) is 13.7. The molecule has 4 nitrogen and oxygen atoms in total. The molecule has 1 aliphatic heterocycles. The van der Waals surface area contributed by atoms with Crippen LogP contribution in [0.15, 0.2) is 18.2 Å². The van der Waals surface area contributed by atoms with E-state index in [2.05, 4.69) is 42.3 Å². The van der Waals surface area contributed by atoms with Crippen LogP contribution in [0.3, 0.4) is 0 Å². The summed E-state index contributed by atoms with van der Waals surface area (Å²) in [5.74, 6) is 0.947. The summed E-state index contributed by atoms with van der Waals surface area (Å²) in [5, 5.41) is 3.26. The predicted octanol–water partition coefficient (Wildman–Crippen LogP) is 2.37. The van der Waals surface area contributed by atoms with Crippen molar-refractivity contribution in [2.75, 3.05) is 40.4 Å². The third-order valence-electron chi connectivity index (χ3n) is 4.13. The number of aryl methyl sites for hydroxylation is 1. The van der Waals surface area contributed by atoms with Gasteiger partial charge >= 0.3 is 0 Å². The third-order valence-corrected chi connectivity index (χ3v) is 4.13. The SMILES string of the molecule is CCCN1CCOC(CNC)C1c1ccc(OC)c(C)c1. The second kappa shape index (κ2) is 7.78. The van der Waals surface area contributed by atoms with Crippen LogP contribution in [0.1, 0.15) is 30.5 Å². The van der Waals surface area contributed by atoms with Crippen LogP contribution in [0.2, 0.25) is 0 Å². The molecule has 1 aromatic rings. The lowest BCUT2D eigenvalue weighted by Crippen LogP contribution is -2.48. The second-order valence-corrected chi connectivity index (χ2v) is 5.68. The molecule has 1 fully saturated rings. The Labute approximate surface area is 128 Å². The van der Waals surface area contributed by atoms with Gasteiger partial charge in [-0.1, -0.05) is 19.1 Å². The van der Waals surface area contributed by atoms with E-state index in [1.807, 2.05) is 7.05 Å². The molecular weight excluding hydrogens is 264 g/mol. The minimum Gasteiger partial charge on any atom is -0.496 e. The number of rotatable bonds is 6. The van der Waals surface area contributed by atoms with Crippen molar-refractivity contribution in [3.63, 3.8) is 0 Å². The molecule has 1 heterocycles. The van der Waals surface area contributed by atoms with Crippen molar-refractivity contribution in [2.45, 2.75) is 32.4 Å². The number of methoxy groups -OCH3 is 1. The molecule has 118 valence electrons. The van der Waals surface area contributed by atoms with Gasteiger partial charge in [0.25, 0.3) is 0 Å². The second-order valence-electron chi connectivity index (χ2n) is 5.68. The highest BCUT2D eigenvalue weighted by molar-refractivity contribution is 5.38. The molecule has 1 aromatic carbocycles. The fourth-order valence-electron chi connectivity index (χ4n) is 3.21. The highest BCUT2D eigenvalue weighted by Crippen LogP contribution is 2.32. The number of nitrogens with one attached hydrogen (secondary N) is 1. The van der Waals surface area contributed by atoms with E-state index in [9.17, 15) is 0 Å². The average Bonchev–Trinajstić information content (AvgIpc) is 2.48. The van der Waals surface area contributed by atoms with Gasteiger partial charge in [-0.2, -0.15) is 0 Å². The number of benzene rings is 1. The summed E-state index contributed by atoms with van der Waals surface area (Å²) in [6.07, 6.45) is 1.36. The highest BCUT2D eigenvalue weighted by atomic mass is 16.5. The van der Waals surface area contributed by atoms with Gasteiger partial charge in [0.05, 0.1) is 25.9 Å². The smallest absolute Gasteiger partial charge is 0.121 e. The fraction of sp³-hybridized carbons (Fsp3) is 0.647. The van der Waals surface area contributed by atoms with E-state index < -0.39 is 0 Å². The maximum absolute atomic E-state index is 6.02. The minimum atomic E-state index is 0.197. The molecule has 2 atom stereocenters. The number of likely N-dealkylation sites (N-methyl/N-ethyl adjacent to an activating group) is 1. The van der Waals surface area contributed by atoms with Crippen molar-refractivity contribution in [3.05, 3.63) is 29.3 Å². The number of nitrogens with zero attached hydrogens (tertiary/aromatic N) is 1. The van der Waals surface area contributed by atoms with E-state index >= 15 is 0 Å². The highest BCUT2D eigenvalue weighted by Gasteiger charge is 2.32. The Hall–Kier alpha value is -1.10. The Balaban J connectivity index is 2.30. The van der Waals surface area contributed by atoms with Gasteiger partial charge in [-0.25, -0.2) is 0 Å². The Kier molecular flexibility index (Phi) is 6.03. The van der Waals surface area contributed by atoms with E-state index in [1.165, 1.54) is 11.1 Å². The summed E-state index contributed by atoms with van der Waals surface area (Å²) in [4.78, 5) is 2.55. The van der Waals surface area contributed by atoms with Crippen molar-refractivity contribution in [1.82, 2.24) is 10.2 Å². The van der Waals surface area contributed by atoms with E-state index in [-0.39, 0.29) is 6.10 Å². The molecule has 4 heteroatoms. The molecule has 21 heavy (non-hydrogen) atoms. The molecule has 1 N–H and O–H groups in total. The van der Waals surface area contributed by atoms with E-state index in [0.29, 0.717) is 6.04 Å². The first-order valence-corrected chi connectivity index (χ1v) is 7.86.